The van der Waals surface area contributed by atoms with Gasteiger partial charge in [-0.2, -0.15) is 0 Å². The molecule has 6 nitrogen and oxygen atoms in total. The van der Waals surface area contributed by atoms with Crippen molar-refractivity contribution < 1.29 is 9.59 Å². The molecule has 2 rings (SSSR count). The maximum Gasteiger partial charge on any atom is 0.321 e. The molecule has 0 unspecified atom stereocenters. The number of nitrogens with one attached hydrogen (secondary N) is 2. The van der Waals surface area contributed by atoms with Gasteiger partial charge in [0.15, 0.2) is 0 Å². The average molecular weight is 278 g/mol. The summed E-state index contributed by atoms with van der Waals surface area (Å²) in [5.41, 5.74) is 0. The Labute approximate surface area is 119 Å². The van der Waals surface area contributed by atoms with Crippen molar-refractivity contribution in [3.8, 4) is 0 Å². The highest BCUT2D eigenvalue weighted by atomic mass is 16.2. The van der Waals surface area contributed by atoms with Crippen molar-refractivity contribution in [2.24, 2.45) is 11.8 Å². The minimum atomic E-state index is -0.402. The van der Waals surface area contributed by atoms with E-state index in [9.17, 15) is 9.59 Å². The normalized spacial score (nSPS) is 26.0. The maximum atomic E-state index is 11.8. The molecular weight excluding hydrogens is 256 g/mol. The third-order valence-electron chi connectivity index (χ3n) is 4.16. The molecule has 3 atom stereocenters. The molecule has 0 aliphatic heterocycles. The molecule has 1 aromatic heterocycles. The van der Waals surface area contributed by atoms with Crippen LogP contribution in [0.4, 0.5) is 4.79 Å². The molecule has 20 heavy (non-hydrogen) atoms. The van der Waals surface area contributed by atoms with Crippen molar-refractivity contribution >= 4 is 11.9 Å². The lowest BCUT2D eigenvalue weighted by molar-refractivity contribution is -0.120. The van der Waals surface area contributed by atoms with Crippen LogP contribution >= 0.6 is 0 Å². The van der Waals surface area contributed by atoms with Gasteiger partial charge in [-0.1, -0.05) is 26.7 Å². The van der Waals surface area contributed by atoms with Gasteiger partial charge in [-0.15, -0.1) is 0 Å². The molecule has 1 heterocycles. The number of carbonyl (C=O) groups excluding carboxylic acids is 2. The van der Waals surface area contributed by atoms with Gasteiger partial charge in [-0.05, 0) is 18.3 Å². The molecule has 3 amide bonds. The van der Waals surface area contributed by atoms with Crippen molar-refractivity contribution in [3.05, 3.63) is 18.7 Å². The lowest BCUT2D eigenvalue weighted by Gasteiger charge is -2.34. The zero-order chi connectivity index (χ0) is 14.5. The van der Waals surface area contributed by atoms with Gasteiger partial charge in [0.05, 0.1) is 6.33 Å². The Morgan fingerprint density at radius 2 is 2.15 bits per heavy atom. The van der Waals surface area contributed by atoms with Gasteiger partial charge in [-0.25, -0.2) is 9.78 Å². The minimum Gasteiger partial charge on any atom is -0.335 e. The largest absolute Gasteiger partial charge is 0.335 e. The molecule has 1 aliphatic rings. The van der Waals surface area contributed by atoms with Crippen molar-refractivity contribution in [1.82, 2.24) is 20.2 Å². The van der Waals surface area contributed by atoms with E-state index in [1.165, 1.54) is 6.42 Å². The van der Waals surface area contributed by atoms with E-state index in [-0.39, 0.29) is 18.5 Å². The molecule has 2 N–H and O–H groups in total. The zero-order valence-electron chi connectivity index (χ0n) is 12.0. The predicted molar refractivity (Wildman–Crippen MR) is 74.9 cm³/mol. The van der Waals surface area contributed by atoms with Gasteiger partial charge in [0, 0.05) is 18.4 Å². The number of rotatable bonds is 3. The fraction of sp³-hybridized carbons (Fsp3) is 0.643. The summed E-state index contributed by atoms with van der Waals surface area (Å²) in [6.45, 7) is 4.47. The predicted octanol–water partition coefficient (Wildman–Crippen LogP) is 1.53. The van der Waals surface area contributed by atoms with Gasteiger partial charge >= 0.3 is 6.03 Å². The highest BCUT2D eigenvalue weighted by Crippen LogP contribution is 2.29. The third-order valence-corrected chi connectivity index (χ3v) is 4.16. The topological polar surface area (TPSA) is 76.0 Å². The van der Waals surface area contributed by atoms with Crippen molar-refractivity contribution in [2.75, 3.05) is 0 Å². The van der Waals surface area contributed by atoms with E-state index in [2.05, 4.69) is 29.5 Å². The van der Waals surface area contributed by atoms with Crippen LogP contribution in [-0.4, -0.2) is 27.5 Å². The minimum absolute atomic E-state index is 0.101. The van der Waals surface area contributed by atoms with Crippen LogP contribution < -0.4 is 10.6 Å². The van der Waals surface area contributed by atoms with Crippen LogP contribution in [0.3, 0.4) is 0 Å². The lowest BCUT2D eigenvalue weighted by atomic mass is 9.78. The molecule has 0 aromatic carbocycles. The molecule has 110 valence electrons. The SMILES string of the molecule is C[C@H]1[C@H](C)CCC[C@H]1NC(=O)NC(=O)Cn1ccnc1. The number of nitrogens with zero attached hydrogens (tertiary/aromatic N) is 2. The Morgan fingerprint density at radius 3 is 2.85 bits per heavy atom. The number of aromatic nitrogens is 2. The molecule has 1 aliphatic carbocycles. The smallest absolute Gasteiger partial charge is 0.321 e. The van der Waals surface area contributed by atoms with Gasteiger partial charge < -0.3 is 9.88 Å². The second-order valence-electron chi connectivity index (χ2n) is 5.63. The quantitative estimate of drug-likeness (QED) is 0.880. The molecular formula is C14H22N4O2. The fourth-order valence-corrected chi connectivity index (χ4v) is 2.70. The second kappa shape index (κ2) is 6.54. The Balaban J connectivity index is 1.78. The van der Waals surface area contributed by atoms with Crippen LogP contribution in [0.1, 0.15) is 33.1 Å². The Kier molecular flexibility index (Phi) is 4.76. The summed E-state index contributed by atoms with van der Waals surface area (Å²) in [6.07, 6.45) is 8.14. The van der Waals surface area contributed by atoms with Crippen LogP contribution in [0.2, 0.25) is 0 Å². The lowest BCUT2D eigenvalue weighted by Crippen LogP contribution is -2.49. The molecule has 6 heteroatoms. The maximum absolute atomic E-state index is 11.8. The summed E-state index contributed by atoms with van der Waals surface area (Å²) in [5, 5.41) is 5.28. The second-order valence-corrected chi connectivity index (χ2v) is 5.63. The Bertz CT molecular complexity index is 458. The molecule has 0 spiro atoms. The van der Waals surface area contributed by atoms with Crippen LogP contribution in [0.5, 0.6) is 0 Å². The number of carbonyl (C=O) groups is 2. The van der Waals surface area contributed by atoms with Crippen molar-refractivity contribution in [2.45, 2.75) is 45.7 Å². The Hall–Kier alpha value is -1.85. The first kappa shape index (κ1) is 14.6. The van der Waals surface area contributed by atoms with E-state index in [1.807, 2.05) is 0 Å². The monoisotopic (exact) mass is 278 g/mol. The zero-order valence-corrected chi connectivity index (χ0v) is 12.0. The summed E-state index contributed by atoms with van der Waals surface area (Å²) in [6, 6.07) is -0.249. The molecule has 1 fully saturated rings. The molecule has 1 saturated carbocycles. The number of hydrogen-bond acceptors (Lipinski definition) is 3. The molecule has 1 aromatic rings. The molecule has 0 radical (unpaired) electrons. The summed E-state index contributed by atoms with van der Waals surface area (Å²) in [5.74, 6) is 0.714. The van der Waals surface area contributed by atoms with E-state index < -0.39 is 6.03 Å². The molecule has 0 bridgehead atoms. The van der Waals surface area contributed by atoms with Gasteiger partial charge in [-0.3, -0.25) is 10.1 Å². The van der Waals surface area contributed by atoms with Crippen LogP contribution in [0, 0.1) is 11.8 Å². The van der Waals surface area contributed by atoms with Crippen molar-refractivity contribution in [1.29, 1.82) is 0 Å². The van der Waals surface area contributed by atoms with Gasteiger partial charge in [0.2, 0.25) is 5.91 Å². The van der Waals surface area contributed by atoms with E-state index in [0.29, 0.717) is 11.8 Å². The first-order valence-electron chi connectivity index (χ1n) is 7.12. The Morgan fingerprint density at radius 1 is 1.35 bits per heavy atom. The number of imide groups is 1. The third kappa shape index (κ3) is 3.82. The van der Waals surface area contributed by atoms with E-state index in [1.54, 1.807) is 23.3 Å². The number of hydrogen-bond donors (Lipinski definition) is 2. The van der Waals surface area contributed by atoms with E-state index in [4.69, 9.17) is 0 Å². The van der Waals surface area contributed by atoms with Crippen LogP contribution in [0.25, 0.3) is 0 Å². The summed E-state index contributed by atoms with van der Waals surface area (Å²) in [7, 11) is 0. The number of urea groups is 1. The molecule has 0 saturated heterocycles. The first-order valence-corrected chi connectivity index (χ1v) is 7.12. The average Bonchev–Trinajstić information content (AvgIpc) is 2.87. The van der Waals surface area contributed by atoms with Gasteiger partial charge in [0.1, 0.15) is 6.54 Å². The van der Waals surface area contributed by atoms with E-state index in [0.717, 1.165) is 12.8 Å². The summed E-state index contributed by atoms with van der Waals surface area (Å²) in [4.78, 5) is 27.4. The first-order chi connectivity index (χ1) is 9.56. The summed E-state index contributed by atoms with van der Waals surface area (Å²) < 4.78 is 1.62. The highest BCUT2D eigenvalue weighted by Gasteiger charge is 2.28. The number of imidazole rings is 1. The van der Waals surface area contributed by atoms with Crippen LogP contribution in [-0.2, 0) is 11.3 Å². The van der Waals surface area contributed by atoms with E-state index >= 15 is 0 Å². The fourth-order valence-electron chi connectivity index (χ4n) is 2.70. The summed E-state index contributed by atoms with van der Waals surface area (Å²) >= 11 is 0. The van der Waals surface area contributed by atoms with Crippen LogP contribution in [0.15, 0.2) is 18.7 Å². The standard InChI is InChI=1S/C14H22N4O2/c1-10-4-3-5-12(11(10)2)16-14(20)17-13(19)8-18-7-6-15-9-18/h6-7,9-12H,3-5,8H2,1-2H3,(H2,16,17,19,20)/t10-,11+,12-/m1/s1. The van der Waals surface area contributed by atoms with Crippen molar-refractivity contribution in [3.63, 3.8) is 0 Å². The number of amides is 3. The highest BCUT2D eigenvalue weighted by molar-refractivity contribution is 5.94. The van der Waals surface area contributed by atoms with Gasteiger partial charge in [0.25, 0.3) is 0 Å².